The first-order valence-electron chi connectivity index (χ1n) is 14.0. The fourth-order valence-corrected chi connectivity index (χ4v) is 6.39. The summed E-state index contributed by atoms with van der Waals surface area (Å²) in [5, 5.41) is 1.88. The number of hydrogen-bond donors (Lipinski definition) is 1. The smallest absolute Gasteiger partial charge is 0.219 e. The fourth-order valence-electron chi connectivity index (χ4n) is 6.39. The molecule has 5 aromatic rings. The van der Waals surface area contributed by atoms with Crippen LogP contribution in [-0.4, -0.2) is 67.4 Å². The molecule has 1 saturated heterocycles. The number of carbonyl (C=O) groups is 1. The van der Waals surface area contributed by atoms with Gasteiger partial charge in [-0.15, -0.1) is 23.6 Å². The number of amides is 1. The number of nitrogen functional groups attached to an aromatic ring is 1. The summed E-state index contributed by atoms with van der Waals surface area (Å²) >= 11 is 0. The first kappa shape index (κ1) is 27.9. The Hall–Kier alpha value is -3.20. The van der Waals surface area contributed by atoms with Crippen LogP contribution in [0.5, 0.6) is 0 Å². The molecular weight excluding hydrogens is 587 g/mol. The van der Waals surface area contributed by atoms with Crippen LogP contribution >= 0.6 is 0 Å². The van der Waals surface area contributed by atoms with Crippen molar-refractivity contribution in [3.8, 4) is 22.4 Å². The molecular formula is C32H32N7OY-. The van der Waals surface area contributed by atoms with Crippen LogP contribution in [0.3, 0.4) is 0 Å². The van der Waals surface area contributed by atoms with E-state index in [0.29, 0.717) is 17.9 Å². The maximum atomic E-state index is 11.7. The van der Waals surface area contributed by atoms with Gasteiger partial charge in [0.05, 0.1) is 5.39 Å². The predicted molar refractivity (Wildman–Crippen MR) is 158 cm³/mol. The zero-order valence-electron chi connectivity index (χ0n) is 23.4. The number of aromatic nitrogens is 4. The van der Waals surface area contributed by atoms with Crippen LogP contribution in [0.15, 0.2) is 61.1 Å². The minimum atomic E-state index is 0. The molecule has 1 aliphatic carbocycles. The first-order valence-corrected chi connectivity index (χ1v) is 14.0. The second-order valence-electron chi connectivity index (χ2n) is 11.0. The van der Waals surface area contributed by atoms with Crippen molar-refractivity contribution in [2.45, 2.75) is 38.8 Å². The zero-order chi connectivity index (χ0) is 27.4. The van der Waals surface area contributed by atoms with E-state index in [1.807, 2.05) is 29.2 Å². The molecule has 2 N–H and O–H groups in total. The predicted octanol–water partition coefficient (Wildman–Crippen LogP) is 4.87. The molecule has 1 saturated carbocycles. The minimum absolute atomic E-state index is 0. The van der Waals surface area contributed by atoms with Gasteiger partial charge in [-0.25, -0.2) is 9.97 Å². The van der Waals surface area contributed by atoms with Crippen LogP contribution in [0.4, 0.5) is 5.82 Å². The molecule has 3 aromatic heterocycles. The summed E-state index contributed by atoms with van der Waals surface area (Å²) in [7, 11) is 0. The number of fused-ring (bicyclic) bond motifs is 2. The average Bonchev–Trinajstić information content (AvgIpc) is 3.33. The van der Waals surface area contributed by atoms with Gasteiger partial charge in [0.15, 0.2) is 0 Å². The summed E-state index contributed by atoms with van der Waals surface area (Å²) < 4.78 is 2.30. The summed E-state index contributed by atoms with van der Waals surface area (Å²) in [5.41, 5.74) is 13.5. The maximum Gasteiger partial charge on any atom is 0.219 e. The molecule has 41 heavy (non-hydrogen) atoms. The summed E-state index contributed by atoms with van der Waals surface area (Å²) in [6.45, 7) is 7.29. The van der Waals surface area contributed by atoms with Crippen LogP contribution in [-0.2, 0) is 37.5 Å². The number of rotatable bonds is 4. The first-order chi connectivity index (χ1) is 19.5. The molecule has 1 amide bonds. The van der Waals surface area contributed by atoms with Gasteiger partial charge in [0, 0.05) is 89.7 Å². The number of benzene rings is 2. The van der Waals surface area contributed by atoms with Crippen LogP contribution < -0.4 is 5.73 Å². The molecule has 9 heteroatoms. The molecule has 1 aliphatic heterocycles. The Labute approximate surface area is 264 Å². The number of piperazine rings is 1. The van der Waals surface area contributed by atoms with Crippen molar-refractivity contribution in [1.29, 1.82) is 0 Å². The van der Waals surface area contributed by atoms with Gasteiger partial charge in [-0.05, 0) is 42.1 Å². The SMILES string of the molecule is CC(=O)N1CCN(C2CC(n3cc(-c4ccc5[c-]cc(-c6ccccc6)nc5c4C)c4c(N)ncnc43)C2)CC1.[Y]. The van der Waals surface area contributed by atoms with E-state index < -0.39 is 0 Å². The fraction of sp³-hybridized carbons (Fsp3) is 0.312. The van der Waals surface area contributed by atoms with Crippen LogP contribution in [0, 0.1) is 13.0 Å². The number of carbonyl (C=O) groups excluding carboxylic acids is 1. The van der Waals surface area contributed by atoms with Gasteiger partial charge in [-0.3, -0.25) is 9.69 Å². The van der Waals surface area contributed by atoms with Gasteiger partial charge in [0.1, 0.15) is 17.8 Å². The van der Waals surface area contributed by atoms with Crippen molar-refractivity contribution < 1.29 is 37.5 Å². The number of anilines is 1. The molecule has 0 bridgehead atoms. The van der Waals surface area contributed by atoms with Crippen molar-refractivity contribution in [3.05, 3.63) is 72.7 Å². The van der Waals surface area contributed by atoms with Gasteiger partial charge >= 0.3 is 0 Å². The maximum absolute atomic E-state index is 11.7. The Kier molecular flexibility index (Phi) is 7.66. The monoisotopic (exact) mass is 619 g/mol. The van der Waals surface area contributed by atoms with Crippen molar-refractivity contribution in [3.63, 3.8) is 0 Å². The van der Waals surface area contributed by atoms with E-state index in [1.54, 1.807) is 13.3 Å². The van der Waals surface area contributed by atoms with Gasteiger partial charge in [-0.2, -0.15) is 0 Å². The zero-order valence-corrected chi connectivity index (χ0v) is 26.3. The van der Waals surface area contributed by atoms with E-state index in [-0.39, 0.29) is 38.6 Å². The summed E-state index contributed by atoms with van der Waals surface area (Å²) in [4.78, 5) is 30.3. The average molecular weight is 620 g/mol. The van der Waals surface area contributed by atoms with E-state index >= 15 is 0 Å². The number of pyridine rings is 1. The number of nitrogens with zero attached hydrogens (tertiary/aromatic N) is 6. The van der Waals surface area contributed by atoms with Crippen molar-refractivity contribution in [1.82, 2.24) is 29.3 Å². The standard InChI is InChI=1S/C32H32N7O.Y/c1-20-26(10-8-23-9-11-28(36-30(20)23)22-6-4-3-5-7-22)27-18-39(32-29(27)31(33)34-19-35-32)25-16-24(17-25)38-14-12-37(13-15-38)21(2)40;/h3-8,10-11,18-19,24-25H,12-17H2,1-2H3,(H2,33,34,35);/q-1;. The Bertz CT molecular complexity index is 1740. The molecule has 1 radical (unpaired) electrons. The van der Waals surface area contributed by atoms with Crippen LogP contribution in [0.1, 0.15) is 31.4 Å². The number of aryl methyl sites for hydroxylation is 1. The second-order valence-corrected chi connectivity index (χ2v) is 11.0. The topological polar surface area (TPSA) is 93.2 Å². The van der Waals surface area contributed by atoms with Gasteiger partial charge in [0.2, 0.25) is 5.91 Å². The Balaban J connectivity index is 0.00000302. The largest absolute Gasteiger partial charge is 0.383 e. The summed E-state index contributed by atoms with van der Waals surface area (Å²) in [6.07, 6.45) is 5.88. The van der Waals surface area contributed by atoms with Gasteiger partial charge in [-0.1, -0.05) is 42.0 Å². The third-order valence-corrected chi connectivity index (χ3v) is 8.78. The Morgan fingerprint density at radius 1 is 0.976 bits per heavy atom. The molecule has 8 nitrogen and oxygen atoms in total. The van der Waals surface area contributed by atoms with E-state index in [9.17, 15) is 4.79 Å². The molecule has 0 spiro atoms. The van der Waals surface area contributed by atoms with E-state index in [1.165, 1.54) is 0 Å². The van der Waals surface area contributed by atoms with Crippen molar-refractivity contribution in [2.75, 3.05) is 31.9 Å². The van der Waals surface area contributed by atoms with Crippen molar-refractivity contribution in [2.24, 2.45) is 0 Å². The van der Waals surface area contributed by atoms with E-state index in [0.717, 1.165) is 88.9 Å². The normalized spacial score (nSPS) is 19.2. The van der Waals surface area contributed by atoms with Gasteiger partial charge in [0.25, 0.3) is 0 Å². The minimum Gasteiger partial charge on any atom is -0.383 e. The second kappa shape index (κ2) is 11.2. The molecule has 2 fully saturated rings. The van der Waals surface area contributed by atoms with E-state index in [2.05, 4.69) is 57.9 Å². The number of nitrogens with two attached hydrogens (primary N) is 1. The van der Waals surface area contributed by atoms with Crippen LogP contribution in [0.2, 0.25) is 0 Å². The molecule has 0 atom stereocenters. The molecule has 4 heterocycles. The summed E-state index contributed by atoms with van der Waals surface area (Å²) in [6, 6.07) is 20.7. The van der Waals surface area contributed by atoms with Crippen LogP contribution in [0.25, 0.3) is 44.3 Å². The summed E-state index contributed by atoms with van der Waals surface area (Å²) in [5.74, 6) is 0.662. The molecule has 2 aromatic carbocycles. The van der Waals surface area contributed by atoms with E-state index in [4.69, 9.17) is 15.7 Å². The third kappa shape index (κ3) is 4.96. The quantitative estimate of drug-likeness (QED) is 0.289. The Morgan fingerprint density at radius 2 is 1.73 bits per heavy atom. The molecule has 2 aliphatic rings. The molecule has 0 unspecified atom stereocenters. The number of hydrogen-bond acceptors (Lipinski definition) is 6. The molecule has 205 valence electrons. The Morgan fingerprint density at radius 3 is 2.46 bits per heavy atom. The van der Waals surface area contributed by atoms with Crippen molar-refractivity contribution >= 4 is 33.7 Å². The van der Waals surface area contributed by atoms with Gasteiger partial charge < -0.3 is 20.2 Å². The third-order valence-electron chi connectivity index (χ3n) is 8.78. The molecule has 7 rings (SSSR count).